The van der Waals surface area contributed by atoms with E-state index in [1.165, 1.54) is 13.8 Å². The molecule has 17 heavy (non-hydrogen) atoms. The summed E-state index contributed by atoms with van der Waals surface area (Å²) in [6.07, 6.45) is 1.87. The third-order valence-corrected chi connectivity index (χ3v) is 1.71. The highest BCUT2D eigenvalue weighted by molar-refractivity contribution is 5.80. The number of ketones is 1. The van der Waals surface area contributed by atoms with Crippen molar-refractivity contribution >= 4 is 11.8 Å². The fourth-order valence-electron chi connectivity index (χ4n) is 0.681. The van der Waals surface area contributed by atoms with Crippen LogP contribution in [-0.2, 0) is 14.3 Å². The number of rotatable bonds is 7. The number of Topliss-reactive ketones (excluding diaryl/α,β-unsaturated/α-hetero) is 1. The van der Waals surface area contributed by atoms with E-state index in [0.29, 0.717) is 13.0 Å². The van der Waals surface area contributed by atoms with Crippen LogP contribution >= 0.6 is 0 Å². The van der Waals surface area contributed by atoms with Gasteiger partial charge in [0.2, 0.25) is 0 Å². The van der Waals surface area contributed by atoms with Gasteiger partial charge in [-0.3, -0.25) is 4.79 Å². The molecular formula is C12H24O5. The normalized spacial score (nSPS) is 11.1. The van der Waals surface area contributed by atoms with Gasteiger partial charge in [-0.25, -0.2) is 0 Å². The van der Waals surface area contributed by atoms with Crippen LogP contribution in [0.1, 0.15) is 46.5 Å². The topological polar surface area (TPSA) is 83.8 Å². The van der Waals surface area contributed by atoms with Crippen LogP contribution in [0.25, 0.3) is 0 Å². The first-order chi connectivity index (χ1) is 7.93. The van der Waals surface area contributed by atoms with Crippen molar-refractivity contribution in [1.29, 1.82) is 0 Å². The number of carbonyl (C=O) groups excluding carboxylic acids is 2. The van der Waals surface area contributed by atoms with E-state index in [1.54, 1.807) is 0 Å². The van der Waals surface area contributed by atoms with Gasteiger partial charge in [0.1, 0.15) is 5.78 Å². The summed E-state index contributed by atoms with van der Waals surface area (Å²) in [5, 5.41) is 16.0. The first-order valence-corrected chi connectivity index (χ1v) is 5.88. The molecule has 0 aromatic carbocycles. The predicted molar refractivity (Wildman–Crippen MR) is 64.5 cm³/mol. The number of ether oxygens (including phenoxy) is 1. The van der Waals surface area contributed by atoms with E-state index in [4.69, 9.17) is 14.9 Å². The lowest BCUT2D eigenvalue weighted by atomic mass is 10.2. The average molecular weight is 248 g/mol. The molecule has 0 heterocycles. The van der Waals surface area contributed by atoms with E-state index in [1.807, 2.05) is 6.92 Å². The maximum Gasteiger partial charge on any atom is 0.306 e. The van der Waals surface area contributed by atoms with Gasteiger partial charge in [-0.1, -0.05) is 13.3 Å². The minimum absolute atomic E-state index is 0.0300. The van der Waals surface area contributed by atoms with Gasteiger partial charge in [0, 0.05) is 6.42 Å². The van der Waals surface area contributed by atoms with Crippen molar-refractivity contribution in [1.82, 2.24) is 0 Å². The van der Waals surface area contributed by atoms with E-state index in [0.717, 1.165) is 12.8 Å². The zero-order valence-corrected chi connectivity index (χ0v) is 10.9. The molecule has 0 saturated heterocycles. The quantitative estimate of drug-likeness (QED) is 0.520. The largest absolute Gasteiger partial charge is 0.466 e. The Labute approximate surface area is 103 Å². The fraction of sp³-hybridized carbons (Fsp3) is 0.833. The fourth-order valence-corrected chi connectivity index (χ4v) is 0.681. The van der Waals surface area contributed by atoms with Crippen LogP contribution < -0.4 is 0 Å². The summed E-state index contributed by atoms with van der Waals surface area (Å²) < 4.78 is 4.84. The van der Waals surface area contributed by atoms with Crippen molar-refractivity contribution in [3.8, 4) is 0 Å². The van der Waals surface area contributed by atoms with Gasteiger partial charge < -0.3 is 19.7 Å². The van der Waals surface area contributed by atoms with Gasteiger partial charge in [0.25, 0.3) is 0 Å². The number of carbonyl (C=O) groups is 2. The third kappa shape index (κ3) is 21.0. The van der Waals surface area contributed by atoms with Gasteiger partial charge >= 0.3 is 5.97 Å². The van der Waals surface area contributed by atoms with Crippen molar-refractivity contribution in [3.63, 3.8) is 0 Å². The molecule has 0 aliphatic heterocycles. The minimum atomic E-state index is -0.560. The number of aliphatic hydroxyl groups is 2. The summed E-state index contributed by atoms with van der Waals surface area (Å²) in [6.45, 7) is 5.37. The second-order valence-electron chi connectivity index (χ2n) is 3.81. The Balaban J connectivity index is 0. The van der Waals surface area contributed by atoms with E-state index in [2.05, 4.69) is 0 Å². The summed E-state index contributed by atoms with van der Waals surface area (Å²) in [6, 6.07) is 0. The Hall–Kier alpha value is -0.940. The smallest absolute Gasteiger partial charge is 0.306 e. The Morgan fingerprint density at radius 3 is 2.18 bits per heavy atom. The van der Waals surface area contributed by atoms with Gasteiger partial charge in [-0.05, 0) is 20.3 Å². The molecule has 5 nitrogen and oxygen atoms in total. The highest BCUT2D eigenvalue weighted by atomic mass is 16.5. The molecule has 0 spiro atoms. The Morgan fingerprint density at radius 1 is 1.29 bits per heavy atom. The lowest BCUT2D eigenvalue weighted by Crippen LogP contribution is -2.07. The maximum absolute atomic E-state index is 10.8. The Kier molecular flexibility index (Phi) is 14.2. The number of hydrogen-bond donors (Lipinski definition) is 2. The predicted octanol–water partition coefficient (Wildman–Crippen LogP) is 1.06. The summed E-state index contributed by atoms with van der Waals surface area (Å²) >= 11 is 0. The molecular weight excluding hydrogens is 224 g/mol. The lowest BCUT2D eigenvalue weighted by Gasteiger charge is -2.01. The molecule has 0 aliphatic rings. The molecule has 0 saturated carbocycles. The molecule has 1 atom stereocenters. The van der Waals surface area contributed by atoms with Crippen LogP contribution in [0.3, 0.4) is 0 Å². The summed E-state index contributed by atoms with van der Waals surface area (Å²) in [5.41, 5.74) is 0. The lowest BCUT2D eigenvalue weighted by molar-refractivity contribution is -0.144. The van der Waals surface area contributed by atoms with E-state index < -0.39 is 6.10 Å². The number of aliphatic hydroxyl groups excluding tert-OH is 2. The Bertz CT molecular complexity index is 201. The van der Waals surface area contributed by atoms with Gasteiger partial charge in [0.05, 0.1) is 25.7 Å². The zero-order valence-electron chi connectivity index (χ0n) is 10.9. The van der Waals surface area contributed by atoms with Crippen molar-refractivity contribution in [2.24, 2.45) is 0 Å². The third-order valence-electron chi connectivity index (χ3n) is 1.71. The summed E-state index contributed by atoms with van der Waals surface area (Å²) in [4.78, 5) is 21.3. The standard InChI is InChI=1S/C9H16O3.C3H8O2/c1-3-4-7-12-9(11)6-5-8(2)10;1-3(5)2-4/h3-7H2,1-2H3;3-5H,2H2,1H3. The molecule has 1 unspecified atom stereocenters. The molecule has 0 aromatic heterocycles. The van der Waals surface area contributed by atoms with Crippen LogP contribution in [0.4, 0.5) is 0 Å². The first kappa shape index (κ1) is 18.4. The maximum atomic E-state index is 10.8. The van der Waals surface area contributed by atoms with Crippen LogP contribution in [0.5, 0.6) is 0 Å². The zero-order chi connectivity index (χ0) is 13.7. The minimum Gasteiger partial charge on any atom is -0.466 e. The molecule has 0 bridgehead atoms. The molecule has 0 rings (SSSR count). The van der Waals surface area contributed by atoms with Crippen LogP contribution in [0.2, 0.25) is 0 Å². The van der Waals surface area contributed by atoms with Crippen LogP contribution in [0.15, 0.2) is 0 Å². The summed E-state index contributed by atoms with van der Waals surface area (Å²) in [5.74, 6) is -0.235. The molecule has 0 radical (unpaired) electrons. The van der Waals surface area contributed by atoms with E-state index in [-0.39, 0.29) is 24.8 Å². The average Bonchev–Trinajstić information content (AvgIpc) is 2.27. The molecule has 0 aromatic rings. The van der Waals surface area contributed by atoms with Crippen molar-refractivity contribution in [2.45, 2.75) is 52.6 Å². The second kappa shape index (κ2) is 13.1. The van der Waals surface area contributed by atoms with Crippen molar-refractivity contribution in [3.05, 3.63) is 0 Å². The molecule has 2 N–H and O–H groups in total. The summed E-state index contributed by atoms with van der Waals surface area (Å²) in [7, 11) is 0. The SMILES string of the molecule is CC(O)CO.CCCCOC(=O)CCC(C)=O. The molecule has 0 fully saturated rings. The van der Waals surface area contributed by atoms with Crippen molar-refractivity contribution in [2.75, 3.05) is 13.2 Å². The monoisotopic (exact) mass is 248 g/mol. The highest BCUT2D eigenvalue weighted by Crippen LogP contribution is 1.95. The second-order valence-corrected chi connectivity index (χ2v) is 3.81. The van der Waals surface area contributed by atoms with Crippen LogP contribution in [0, 0.1) is 0 Å². The molecule has 0 aliphatic carbocycles. The van der Waals surface area contributed by atoms with Gasteiger partial charge in [-0.2, -0.15) is 0 Å². The van der Waals surface area contributed by atoms with Gasteiger partial charge in [-0.15, -0.1) is 0 Å². The number of unbranched alkanes of at least 4 members (excludes halogenated alkanes) is 1. The van der Waals surface area contributed by atoms with E-state index >= 15 is 0 Å². The van der Waals surface area contributed by atoms with Crippen LogP contribution in [-0.4, -0.2) is 41.3 Å². The number of esters is 1. The van der Waals surface area contributed by atoms with E-state index in [9.17, 15) is 9.59 Å². The Morgan fingerprint density at radius 2 is 1.82 bits per heavy atom. The first-order valence-electron chi connectivity index (χ1n) is 5.88. The molecule has 0 amide bonds. The number of hydrogen-bond acceptors (Lipinski definition) is 5. The van der Waals surface area contributed by atoms with Crippen molar-refractivity contribution < 1.29 is 24.5 Å². The van der Waals surface area contributed by atoms with Gasteiger partial charge in [0.15, 0.2) is 0 Å². The highest BCUT2D eigenvalue weighted by Gasteiger charge is 2.03. The molecule has 102 valence electrons. The molecule has 5 heteroatoms.